The molecular weight excluding hydrogens is 152 g/mol. The Hall–Kier alpha value is -1.57. The quantitative estimate of drug-likeness (QED) is 0.745. The molecule has 0 heterocycles. The number of carboxylic acids is 1. The second-order valence-corrected chi connectivity index (χ2v) is 2.18. The number of carbonyl (C=O) groups is 1. The van der Waals surface area contributed by atoms with Crippen LogP contribution in [0.3, 0.4) is 0 Å². The Labute approximate surface area is 75.5 Å². The van der Waals surface area contributed by atoms with E-state index in [9.17, 15) is 4.79 Å². The lowest BCUT2D eigenvalue weighted by Crippen LogP contribution is -1.89. The average Bonchev–Trinajstić information content (AvgIpc) is 2.27. The smallest absolute Gasteiger partial charge is 0.307 e. The molecule has 1 N–H and O–H groups in total. The van der Waals surface area contributed by atoms with Crippen LogP contribution in [0.4, 0.5) is 0 Å². The van der Waals surface area contributed by atoms with E-state index in [1.54, 1.807) is 24.3 Å². The van der Waals surface area contributed by atoms with Crippen molar-refractivity contribution in [2.24, 2.45) is 0 Å². The van der Waals surface area contributed by atoms with Crippen LogP contribution in [0.1, 0.15) is 14.7 Å². The molecule has 0 bridgehead atoms. The van der Waals surface area contributed by atoms with Gasteiger partial charge < -0.3 is 5.11 Å². The van der Waals surface area contributed by atoms with Crippen molar-refractivity contribution in [1.82, 2.24) is 0 Å². The first-order chi connectivity index (χ1) is 7.06. The highest BCUT2D eigenvalue weighted by molar-refractivity contribution is 5.70. The minimum absolute atomic E-state index is 0.777. The normalized spacial score (nSPS) is 14.8. The largest absolute Gasteiger partial charge is 0.481 e. The van der Waals surface area contributed by atoms with Crippen molar-refractivity contribution < 1.29 is 12.6 Å². The van der Waals surface area contributed by atoms with E-state index in [-0.39, 0.29) is 0 Å². The fourth-order valence-electron chi connectivity index (χ4n) is 0.770. The molecule has 1 aromatic rings. The van der Waals surface area contributed by atoms with Crippen LogP contribution in [-0.4, -0.2) is 11.1 Å². The molecule has 0 radical (unpaired) electrons. The van der Waals surface area contributed by atoms with Crippen molar-refractivity contribution in [3.05, 3.63) is 42.0 Å². The number of carboxylic acid groups (broad SMARTS) is 1. The molecule has 0 aliphatic heterocycles. The number of aliphatic carboxylic acids is 1. The first-order valence-corrected chi connectivity index (χ1v) is 3.48. The summed E-state index contributed by atoms with van der Waals surface area (Å²) in [6, 6.07) is 9.00. The lowest BCUT2D eigenvalue weighted by Gasteiger charge is -1.89. The average molecular weight is 165 g/mol. The Morgan fingerprint density at radius 1 is 1.58 bits per heavy atom. The molecular formula is C10H10O2. The first kappa shape index (κ1) is 5.14. The van der Waals surface area contributed by atoms with Gasteiger partial charge in [-0.25, -0.2) is 0 Å². The molecule has 2 heteroatoms. The van der Waals surface area contributed by atoms with Gasteiger partial charge in [0.05, 0.1) is 6.37 Å². The van der Waals surface area contributed by atoms with E-state index >= 15 is 0 Å². The first-order valence-electron chi connectivity index (χ1n) is 4.89. The number of benzene rings is 1. The monoisotopic (exact) mass is 165 g/mol. The molecule has 0 saturated heterocycles. The van der Waals surface area contributed by atoms with Gasteiger partial charge in [-0.15, -0.1) is 0 Å². The van der Waals surface area contributed by atoms with Crippen LogP contribution in [0.15, 0.2) is 36.4 Å². The number of hydrogen-bond acceptors (Lipinski definition) is 2. The molecule has 0 amide bonds. The number of rotatable bonds is 3. The summed E-state index contributed by atoms with van der Waals surface area (Å²) >= 11 is 0. The molecule has 1 rings (SSSR count). The van der Waals surface area contributed by atoms with E-state index in [4.69, 9.17) is 4.17 Å². The van der Waals surface area contributed by atoms with Gasteiger partial charge in [-0.3, -0.25) is 4.79 Å². The zero-order valence-corrected chi connectivity index (χ0v) is 6.36. The number of hydrogen-bond donors (Lipinski definition) is 1. The lowest BCUT2D eigenvalue weighted by molar-refractivity contribution is -0.135. The van der Waals surface area contributed by atoms with E-state index in [1.807, 2.05) is 6.07 Å². The zero-order chi connectivity index (χ0) is 11.3. The minimum Gasteiger partial charge on any atom is -0.481 e. The van der Waals surface area contributed by atoms with Gasteiger partial charge in [-0.05, 0) is 5.56 Å². The second kappa shape index (κ2) is 4.34. The molecule has 0 atom stereocenters. The van der Waals surface area contributed by atoms with E-state index in [0.29, 0.717) is 0 Å². The van der Waals surface area contributed by atoms with Crippen LogP contribution in [0, 0.1) is 0 Å². The molecule has 0 unspecified atom stereocenters. The summed E-state index contributed by atoms with van der Waals surface area (Å²) in [5.41, 5.74) is 0.777. The van der Waals surface area contributed by atoms with Crippen LogP contribution >= 0.6 is 0 Å². The van der Waals surface area contributed by atoms with Crippen LogP contribution in [0.25, 0.3) is 7.51 Å². The van der Waals surface area contributed by atoms with E-state index in [2.05, 4.69) is 5.11 Å². The Morgan fingerprint density at radius 2 is 2.33 bits per heavy atom. The third kappa shape index (κ3) is 3.01. The van der Waals surface area contributed by atoms with Crippen molar-refractivity contribution in [2.75, 3.05) is 0 Å². The molecule has 0 aromatic heterocycles. The molecule has 0 spiro atoms. The summed E-state index contributed by atoms with van der Waals surface area (Å²) in [4.78, 5) is 10.8. The van der Waals surface area contributed by atoms with Gasteiger partial charge in [-0.1, -0.05) is 42.5 Å². The summed E-state index contributed by atoms with van der Waals surface area (Å²) in [5, 5.41) is 3.59. The highest BCUT2D eigenvalue weighted by Gasteiger charge is 1.88. The van der Waals surface area contributed by atoms with Crippen molar-refractivity contribution in [2.45, 2.75) is 6.37 Å². The molecule has 1 aromatic carbocycles. The Morgan fingerprint density at radius 3 is 3.00 bits per heavy atom. The zero-order valence-electron chi connectivity index (χ0n) is 9.36. The van der Waals surface area contributed by atoms with Gasteiger partial charge in [0.15, 0.2) is 0 Å². The van der Waals surface area contributed by atoms with Crippen LogP contribution in [0.2, 0.25) is 0 Å². The topological polar surface area (TPSA) is 37.3 Å². The maximum Gasteiger partial charge on any atom is 0.307 e. The summed E-state index contributed by atoms with van der Waals surface area (Å²) in [6.45, 7) is 0. The third-order valence-electron chi connectivity index (χ3n) is 1.28. The van der Waals surface area contributed by atoms with Gasteiger partial charge in [0, 0.05) is 2.74 Å². The Balaban J connectivity index is 2.77. The summed E-state index contributed by atoms with van der Waals surface area (Å²) in [5.74, 6) is -1.23. The van der Waals surface area contributed by atoms with Crippen LogP contribution in [0.5, 0.6) is 0 Å². The van der Waals surface area contributed by atoms with Crippen molar-refractivity contribution in [1.29, 1.82) is 1.43 Å². The Bertz CT molecular complexity index is 360. The highest BCUT2D eigenvalue weighted by Crippen LogP contribution is 2.01. The van der Waals surface area contributed by atoms with Crippen molar-refractivity contribution in [3.63, 3.8) is 0 Å². The fraction of sp³-hybridized carbons (Fsp3) is 0.100. The van der Waals surface area contributed by atoms with E-state index in [1.165, 1.54) is 6.08 Å². The summed E-state index contributed by atoms with van der Waals surface area (Å²) in [6.07, 6.45) is 0.272. The second-order valence-electron chi connectivity index (χ2n) is 2.18. The standard InChI is InChI=1S/C10H10O2/c11-10(12)8-4-7-9-5-2-1-3-6-9/h1-7H,8H2,(H,11,12)/b7-4+/i8D2/hD. The fourth-order valence-corrected chi connectivity index (χ4v) is 0.770. The van der Waals surface area contributed by atoms with Crippen LogP contribution in [-0.2, 0) is 4.79 Å². The van der Waals surface area contributed by atoms with Gasteiger partial charge in [0.1, 0.15) is 0 Å². The van der Waals surface area contributed by atoms with E-state index < -0.39 is 12.3 Å². The van der Waals surface area contributed by atoms with Crippen molar-refractivity contribution >= 4 is 12.0 Å². The van der Waals surface area contributed by atoms with Gasteiger partial charge >= 0.3 is 5.97 Å². The van der Waals surface area contributed by atoms with Gasteiger partial charge in [0.2, 0.25) is 0 Å². The summed E-state index contributed by atoms with van der Waals surface area (Å²) < 4.78 is 20.9. The Kier molecular flexibility index (Phi) is 1.86. The lowest BCUT2D eigenvalue weighted by atomic mass is 10.2. The molecule has 0 aliphatic rings. The van der Waals surface area contributed by atoms with Gasteiger partial charge in [-0.2, -0.15) is 0 Å². The highest BCUT2D eigenvalue weighted by atomic mass is 16.4. The maximum atomic E-state index is 10.8. The minimum atomic E-state index is -2.27. The molecule has 0 saturated carbocycles. The molecule has 2 nitrogen and oxygen atoms in total. The SMILES string of the molecule is [2H]OC(=O)C([2H])([2H])/C=C/c1ccccc1. The molecule has 62 valence electrons. The molecule has 0 aliphatic carbocycles. The predicted molar refractivity (Wildman–Crippen MR) is 47.7 cm³/mol. The molecule has 12 heavy (non-hydrogen) atoms. The summed E-state index contributed by atoms with van der Waals surface area (Å²) in [7, 11) is 0. The van der Waals surface area contributed by atoms with Crippen molar-refractivity contribution in [3.8, 4) is 0 Å². The van der Waals surface area contributed by atoms with Crippen LogP contribution < -0.4 is 0 Å². The third-order valence-corrected chi connectivity index (χ3v) is 1.28. The van der Waals surface area contributed by atoms with Gasteiger partial charge in [0.25, 0.3) is 1.43 Å². The molecule has 0 fully saturated rings. The van der Waals surface area contributed by atoms with E-state index in [0.717, 1.165) is 11.6 Å². The predicted octanol–water partition coefficient (Wildman–Crippen LogP) is 2.17. The maximum absolute atomic E-state index is 10.8.